The minimum absolute atomic E-state index is 0.0813. The number of benzene rings is 4. The van der Waals surface area contributed by atoms with Gasteiger partial charge in [-0.3, -0.25) is 24.4 Å². The lowest BCUT2D eigenvalue weighted by molar-refractivity contribution is -0.140. The summed E-state index contributed by atoms with van der Waals surface area (Å²) >= 11 is 0. The molecule has 2 heterocycles. The highest BCUT2D eigenvalue weighted by Gasteiger charge is 2.38. The van der Waals surface area contributed by atoms with Gasteiger partial charge in [-0.2, -0.15) is 0 Å². The Morgan fingerprint density at radius 3 is 1.87 bits per heavy atom. The third-order valence-electron chi connectivity index (χ3n) is 11.8. The number of aromatic nitrogens is 2. The highest BCUT2D eigenvalue weighted by atomic mass is 19.1. The molecule has 0 aliphatic heterocycles. The molecule has 0 bridgehead atoms. The number of hydrogen-bond acceptors (Lipinski definition) is 8. The van der Waals surface area contributed by atoms with E-state index in [0.29, 0.717) is 23.8 Å². The lowest BCUT2D eigenvalue weighted by Crippen LogP contribution is -2.30. The van der Waals surface area contributed by atoms with Gasteiger partial charge in [0.2, 0.25) is 0 Å². The average molecular weight is 841 g/mol. The number of allylic oxidation sites excluding steroid dienone is 1. The van der Waals surface area contributed by atoms with Gasteiger partial charge in [-0.25, -0.2) is 8.78 Å². The van der Waals surface area contributed by atoms with Gasteiger partial charge in [-0.1, -0.05) is 54.6 Å². The van der Waals surface area contributed by atoms with E-state index in [2.05, 4.69) is 0 Å². The van der Waals surface area contributed by atoms with Gasteiger partial charge in [-0.05, 0) is 108 Å². The van der Waals surface area contributed by atoms with Crippen LogP contribution in [0.2, 0.25) is 0 Å². The number of halogens is 2. The van der Waals surface area contributed by atoms with Crippen LogP contribution in [0.15, 0.2) is 97.1 Å². The topological polar surface area (TPSA) is 178 Å². The van der Waals surface area contributed by atoms with Crippen LogP contribution in [0.3, 0.4) is 0 Å². The van der Waals surface area contributed by atoms with Gasteiger partial charge < -0.3 is 25.5 Å². The van der Waals surface area contributed by atoms with E-state index >= 15 is 0 Å². The average Bonchev–Trinajstić information content (AvgIpc) is 4.17. The van der Waals surface area contributed by atoms with Gasteiger partial charge in [0, 0.05) is 58.2 Å². The normalized spacial score (nSPS) is 17.1. The van der Waals surface area contributed by atoms with Crippen molar-refractivity contribution in [1.82, 2.24) is 9.97 Å². The Morgan fingerprint density at radius 1 is 0.677 bits per heavy atom. The summed E-state index contributed by atoms with van der Waals surface area (Å²) in [5.41, 5.74) is 9.89. The molecule has 6 aromatic rings. The van der Waals surface area contributed by atoms with Crippen molar-refractivity contribution in [3.63, 3.8) is 0 Å². The Labute approximate surface area is 356 Å². The molecule has 0 amide bonds. The molecular formula is C50H46F2N2O8. The van der Waals surface area contributed by atoms with E-state index in [-0.39, 0.29) is 30.3 Å². The van der Waals surface area contributed by atoms with E-state index in [1.807, 2.05) is 48.5 Å². The zero-order valence-corrected chi connectivity index (χ0v) is 33.8. The van der Waals surface area contributed by atoms with Crippen molar-refractivity contribution in [2.45, 2.75) is 93.9 Å². The number of carboxylic acids is 2. The van der Waals surface area contributed by atoms with Crippen LogP contribution in [-0.2, 0) is 20.8 Å². The van der Waals surface area contributed by atoms with Crippen LogP contribution in [0.1, 0.15) is 97.2 Å². The summed E-state index contributed by atoms with van der Waals surface area (Å²) in [6.45, 7) is 0. The molecule has 3 aliphatic carbocycles. The molecule has 0 spiro atoms. The molecule has 4 aromatic carbocycles. The van der Waals surface area contributed by atoms with Crippen LogP contribution in [0.5, 0.6) is 0 Å². The Kier molecular flexibility index (Phi) is 12.3. The Hall–Kier alpha value is -6.21. The second-order valence-electron chi connectivity index (χ2n) is 16.6. The SMILES string of the molecule is O=C(O)C[C@H](O)CC(=O)/C=C/c1c(C2CC2)nc2ccccc2c1-c1ccc(F)cc1.O=C(O)C[C@H](O)C[C@H](O)C1Cc2c(C3CC3)nc3ccccc3c2-c2ccc(F)cc21. The largest absolute Gasteiger partial charge is 0.481 e. The molecule has 2 aromatic heterocycles. The zero-order chi connectivity index (χ0) is 43.7. The number of nitrogens with zero attached hydrogens (tertiary/aromatic N) is 2. The maximum atomic E-state index is 14.3. The third kappa shape index (κ3) is 9.47. The molecule has 3 aliphatic rings. The Balaban J connectivity index is 0.000000171. The number of aliphatic hydroxyl groups excluding tert-OH is 3. The van der Waals surface area contributed by atoms with Crippen LogP contribution < -0.4 is 0 Å². The number of ketones is 1. The number of carbonyl (C=O) groups excluding carboxylic acids is 1. The lowest BCUT2D eigenvalue weighted by atomic mass is 9.73. The summed E-state index contributed by atoms with van der Waals surface area (Å²) in [6, 6.07) is 26.6. The van der Waals surface area contributed by atoms with Crippen LogP contribution in [0, 0.1) is 11.6 Å². The van der Waals surface area contributed by atoms with E-state index in [1.54, 1.807) is 24.3 Å². The standard InChI is InChI=1S/C25H24FNO4.C25H22FNO4/c26-14-7-8-16-18(9-14)19(22(29)10-15(28)11-23(30)31)12-20-24(16)17-3-1-2-4-21(17)27-25(20)13-5-6-13;26-17-9-7-15(8-10-17)24-20-3-1-2-4-22(20)27-25(16-5-6-16)21(24)12-11-18(28)13-19(29)14-23(30)31/h1-4,7-9,13,15,19,22,28-29H,5-6,10-12H2,(H,30,31);1-4,7-12,16,19,29H,5-6,13-14H2,(H,30,31)/b;12-11+/t15-,19?,22+;19-/m11/s1. The highest BCUT2D eigenvalue weighted by Crippen LogP contribution is 2.51. The summed E-state index contributed by atoms with van der Waals surface area (Å²) in [7, 11) is 0. The molecule has 9 rings (SSSR count). The number of fused-ring (bicyclic) bond motifs is 6. The van der Waals surface area contributed by atoms with Crippen LogP contribution in [0.25, 0.3) is 50.1 Å². The van der Waals surface area contributed by atoms with Gasteiger partial charge in [0.15, 0.2) is 5.78 Å². The molecule has 4 atom stereocenters. The fourth-order valence-electron chi connectivity index (χ4n) is 8.71. The molecular weight excluding hydrogens is 795 g/mol. The molecule has 12 heteroatoms. The van der Waals surface area contributed by atoms with E-state index < -0.39 is 49.0 Å². The third-order valence-corrected chi connectivity index (χ3v) is 11.8. The van der Waals surface area contributed by atoms with Gasteiger partial charge in [0.1, 0.15) is 11.6 Å². The number of carbonyl (C=O) groups is 3. The lowest BCUT2D eigenvalue weighted by Gasteiger charge is -2.33. The summed E-state index contributed by atoms with van der Waals surface area (Å²) in [5.74, 6) is -3.09. The minimum Gasteiger partial charge on any atom is -0.481 e. The molecule has 318 valence electrons. The van der Waals surface area contributed by atoms with Crippen molar-refractivity contribution in [3.05, 3.63) is 137 Å². The quantitative estimate of drug-likeness (QED) is 0.0666. The number of pyridine rings is 2. The molecule has 2 fully saturated rings. The second-order valence-corrected chi connectivity index (χ2v) is 16.6. The second kappa shape index (κ2) is 18.0. The first-order chi connectivity index (χ1) is 29.8. The molecule has 5 N–H and O–H groups in total. The van der Waals surface area contributed by atoms with E-state index in [1.165, 1.54) is 30.3 Å². The van der Waals surface area contributed by atoms with Gasteiger partial charge >= 0.3 is 11.9 Å². The summed E-state index contributed by atoms with van der Waals surface area (Å²) in [5, 5.41) is 50.4. The maximum Gasteiger partial charge on any atom is 0.305 e. The number of rotatable bonds is 14. The summed E-state index contributed by atoms with van der Waals surface area (Å²) in [6.07, 6.45) is 3.08. The number of carboxylic acid groups (broad SMARTS) is 2. The fraction of sp³-hybridized carbons (Fsp3) is 0.300. The van der Waals surface area contributed by atoms with E-state index in [4.69, 9.17) is 20.2 Å². The molecule has 1 unspecified atom stereocenters. The van der Waals surface area contributed by atoms with Crippen molar-refractivity contribution in [1.29, 1.82) is 0 Å². The Bertz CT molecular complexity index is 2710. The fourth-order valence-corrected chi connectivity index (χ4v) is 8.71. The number of aliphatic hydroxyl groups is 3. The van der Waals surface area contributed by atoms with Crippen LogP contribution >= 0.6 is 0 Å². The Morgan fingerprint density at radius 2 is 1.24 bits per heavy atom. The first-order valence-electron chi connectivity index (χ1n) is 20.9. The first-order valence-corrected chi connectivity index (χ1v) is 20.9. The van der Waals surface area contributed by atoms with Crippen molar-refractivity contribution >= 4 is 45.6 Å². The van der Waals surface area contributed by atoms with Gasteiger partial charge in [0.05, 0.1) is 47.9 Å². The van der Waals surface area contributed by atoms with E-state index in [0.717, 1.165) is 92.3 Å². The van der Waals surface area contributed by atoms with Crippen molar-refractivity contribution in [3.8, 4) is 22.3 Å². The monoisotopic (exact) mass is 840 g/mol. The van der Waals surface area contributed by atoms with Gasteiger partial charge in [-0.15, -0.1) is 0 Å². The predicted molar refractivity (Wildman–Crippen MR) is 230 cm³/mol. The van der Waals surface area contributed by atoms with E-state index in [9.17, 15) is 38.5 Å². The summed E-state index contributed by atoms with van der Waals surface area (Å²) < 4.78 is 27.8. The number of hydrogen-bond donors (Lipinski definition) is 5. The number of para-hydroxylation sites is 2. The molecule has 10 nitrogen and oxygen atoms in total. The summed E-state index contributed by atoms with van der Waals surface area (Å²) in [4.78, 5) is 43.8. The van der Waals surface area contributed by atoms with Crippen molar-refractivity contribution < 1.29 is 48.7 Å². The maximum absolute atomic E-state index is 14.3. The van der Waals surface area contributed by atoms with Crippen LogP contribution in [-0.4, -0.2) is 71.5 Å². The molecule has 0 radical (unpaired) electrons. The number of aliphatic carboxylic acids is 2. The van der Waals surface area contributed by atoms with Crippen LogP contribution in [0.4, 0.5) is 8.78 Å². The molecule has 2 saturated carbocycles. The smallest absolute Gasteiger partial charge is 0.305 e. The van der Waals surface area contributed by atoms with Gasteiger partial charge in [0.25, 0.3) is 0 Å². The zero-order valence-electron chi connectivity index (χ0n) is 33.8. The van der Waals surface area contributed by atoms with Crippen molar-refractivity contribution in [2.75, 3.05) is 0 Å². The highest BCUT2D eigenvalue weighted by molar-refractivity contribution is 6.02. The van der Waals surface area contributed by atoms with Crippen molar-refractivity contribution in [2.24, 2.45) is 0 Å². The molecule has 0 saturated heterocycles. The first kappa shape index (κ1) is 42.5. The minimum atomic E-state index is -1.23. The predicted octanol–water partition coefficient (Wildman–Crippen LogP) is 8.87. The molecule has 62 heavy (non-hydrogen) atoms.